The fourth-order valence-corrected chi connectivity index (χ4v) is 7.35. The van der Waals surface area contributed by atoms with Gasteiger partial charge in [-0.2, -0.15) is 0 Å². The Kier molecular flexibility index (Phi) is 3.13. The van der Waals surface area contributed by atoms with Crippen molar-refractivity contribution in [1.82, 2.24) is 4.90 Å². The van der Waals surface area contributed by atoms with Crippen molar-refractivity contribution in [3.05, 3.63) is 23.8 Å². The second-order valence-corrected chi connectivity index (χ2v) is 9.83. The van der Waals surface area contributed by atoms with Crippen molar-refractivity contribution in [2.24, 2.45) is 5.92 Å². The molecule has 4 aliphatic rings. The van der Waals surface area contributed by atoms with Crippen molar-refractivity contribution in [2.75, 3.05) is 13.6 Å². The van der Waals surface area contributed by atoms with Crippen molar-refractivity contribution in [3.8, 4) is 5.75 Å². The summed E-state index contributed by atoms with van der Waals surface area (Å²) in [6.45, 7) is 3.59. The Bertz CT molecular complexity index is 635. The molecule has 2 atom stereocenters. The molecule has 0 radical (unpaired) electrons. The topological polar surface area (TPSA) is 12.5 Å². The van der Waals surface area contributed by atoms with E-state index in [4.69, 9.17) is 4.74 Å². The maximum absolute atomic E-state index is 6.45. The van der Waals surface area contributed by atoms with Crippen LogP contribution in [0.4, 0.5) is 0 Å². The molecular formula is C20H27NOS. The van der Waals surface area contributed by atoms with E-state index >= 15 is 0 Å². The third-order valence-electron chi connectivity index (χ3n) is 6.86. The van der Waals surface area contributed by atoms with Crippen molar-refractivity contribution in [3.63, 3.8) is 0 Å². The maximum atomic E-state index is 6.45. The first-order chi connectivity index (χ1) is 11.1. The molecule has 3 heteroatoms. The zero-order valence-corrected chi connectivity index (χ0v) is 15.1. The Morgan fingerprint density at radius 3 is 2.91 bits per heavy atom. The molecule has 124 valence electrons. The Morgan fingerprint density at radius 2 is 2.09 bits per heavy atom. The van der Waals surface area contributed by atoms with Crippen LogP contribution in [-0.4, -0.2) is 29.5 Å². The molecule has 2 heterocycles. The van der Waals surface area contributed by atoms with Crippen LogP contribution >= 0.6 is 11.8 Å². The second kappa shape index (κ2) is 4.92. The van der Waals surface area contributed by atoms with E-state index in [1.807, 2.05) is 11.8 Å². The first kappa shape index (κ1) is 14.7. The first-order valence-corrected chi connectivity index (χ1v) is 10.1. The summed E-state index contributed by atoms with van der Waals surface area (Å²) in [5, 5.41) is 0. The molecule has 0 bridgehead atoms. The van der Waals surface area contributed by atoms with Gasteiger partial charge in [0.25, 0.3) is 0 Å². The fourth-order valence-electron chi connectivity index (χ4n) is 5.74. The molecule has 0 amide bonds. The molecule has 2 nitrogen and oxygen atoms in total. The van der Waals surface area contributed by atoms with Crippen LogP contribution < -0.4 is 4.74 Å². The van der Waals surface area contributed by atoms with E-state index in [2.05, 4.69) is 37.1 Å². The average Bonchev–Trinajstić information content (AvgIpc) is 3.06. The van der Waals surface area contributed by atoms with Crippen molar-refractivity contribution >= 4 is 11.8 Å². The molecule has 2 aliphatic carbocycles. The van der Waals surface area contributed by atoms with Crippen molar-refractivity contribution < 1.29 is 4.74 Å². The highest BCUT2D eigenvalue weighted by atomic mass is 32.2. The van der Waals surface area contributed by atoms with Gasteiger partial charge >= 0.3 is 0 Å². The minimum Gasteiger partial charge on any atom is -0.475 e. The Morgan fingerprint density at radius 1 is 1.22 bits per heavy atom. The number of benzene rings is 1. The molecule has 0 N–H and O–H groups in total. The number of thioether (sulfide) groups is 1. The summed E-state index contributed by atoms with van der Waals surface area (Å²) < 4.78 is 6.45. The minimum absolute atomic E-state index is 0.0798. The summed E-state index contributed by atoms with van der Waals surface area (Å²) in [4.78, 5) is 4.06. The number of fused-ring (bicyclic) bond motifs is 2. The van der Waals surface area contributed by atoms with E-state index < -0.39 is 0 Å². The summed E-state index contributed by atoms with van der Waals surface area (Å²) in [6, 6.07) is 7.93. The van der Waals surface area contributed by atoms with Crippen LogP contribution in [0.1, 0.15) is 57.4 Å². The lowest BCUT2D eigenvalue weighted by atomic mass is 9.66. The summed E-state index contributed by atoms with van der Waals surface area (Å²) >= 11 is 1.98. The molecule has 1 aromatic carbocycles. The molecule has 1 spiro atoms. The SMILES string of the molecule is CC1CC2(C1)Oc1cc([C@@]34CCCCC3N(C)CC4)ccc1S2. The molecular weight excluding hydrogens is 302 g/mol. The van der Waals surface area contributed by atoms with Gasteiger partial charge in [-0.25, -0.2) is 0 Å². The smallest absolute Gasteiger partial charge is 0.159 e. The average molecular weight is 330 g/mol. The largest absolute Gasteiger partial charge is 0.475 e. The van der Waals surface area contributed by atoms with Gasteiger partial charge in [0.15, 0.2) is 4.93 Å². The minimum atomic E-state index is 0.0798. The molecule has 2 aliphatic heterocycles. The van der Waals surface area contributed by atoms with Gasteiger partial charge in [-0.1, -0.05) is 37.6 Å². The molecule has 3 fully saturated rings. The molecule has 1 aromatic rings. The number of likely N-dealkylation sites (tertiary alicyclic amines) is 1. The fraction of sp³-hybridized carbons (Fsp3) is 0.700. The summed E-state index contributed by atoms with van der Waals surface area (Å²) in [5.41, 5.74) is 1.94. The van der Waals surface area contributed by atoms with Crippen LogP contribution in [0, 0.1) is 5.92 Å². The summed E-state index contributed by atoms with van der Waals surface area (Å²) in [6.07, 6.45) is 9.24. The van der Waals surface area contributed by atoms with Crippen molar-refractivity contribution in [1.29, 1.82) is 0 Å². The number of rotatable bonds is 1. The second-order valence-electron chi connectivity index (χ2n) is 8.44. The van der Waals surface area contributed by atoms with Crippen molar-refractivity contribution in [2.45, 2.75) is 73.2 Å². The molecule has 1 saturated heterocycles. The van der Waals surface area contributed by atoms with Crippen LogP contribution in [0.25, 0.3) is 0 Å². The number of ether oxygens (including phenoxy) is 1. The summed E-state index contributed by atoms with van der Waals surface area (Å²) in [7, 11) is 2.32. The van der Waals surface area contributed by atoms with Gasteiger partial charge in [0.05, 0.1) is 4.90 Å². The predicted molar refractivity (Wildman–Crippen MR) is 95.2 cm³/mol. The highest BCUT2D eigenvalue weighted by Gasteiger charge is 2.51. The Hall–Kier alpha value is -0.670. The zero-order chi connectivity index (χ0) is 15.7. The monoisotopic (exact) mass is 329 g/mol. The van der Waals surface area contributed by atoms with Gasteiger partial charge in [-0.15, -0.1) is 0 Å². The molecule has 2 saturated carbocycles. The van der Waals surface area contributed by atoms with Gasteiger partial charge in [-0.05, 0) is 69.3 Å². The summed E-state index contributed by atoms with van der Waals surface area (Å²) in [5.74, 6) is 1.99. The van der Waals surface area contributed by atoms with Crippen LogP contribution in [0.15, 0.2) is 23.1 Å². The van der Waals surface area contributed by atoms with Gasteiger partial charge < -0.3 is 9.64 Å². The van der Waals surface area contributed by atoms with Crippen LogP contribution in [0.5, 0.6) is 5.75 Å². The highest BCUT2D eigenvalue weighted by Crippen LogP contribution is 2.59. The number of likely N-dealkylation sites (N-methyl/N-ethyl adjacent to an activating group) is 1. The zero-order valence-electron chi connectivity index (χ0n) is 14.3. The lowest BCUT2D eigenvalue weighted by molar-refractivity contribution is 0.0460. The van der Waals surface area contributed by atoms with E-state index in [1.54, 1.807) is 5.56 Å². The first-order valence-electron chi connectivity index (χ1n) is 9.33. The third-order valence-corrected chi connectivity index (χ3v) is 8.21. The van der Waals surface area contributed by atoms with Gasteiger partial charge in [0.1, 0.15) is 5.75 Å². The predicted octanol–water partition coefficient (Wildman–Crippen LogP) is 4.81. The Balaban J connectivity index is 1.49. The lowest BCUT2D eigenvalue weighted by Crippen LogP contribution is -2.43. The Labute approximate surface area is 144 Å². The van der Waals surface area contributed by atoms with E-state index in [9.17, 15) is 0 Å². The van der Waals surface area contributed by atoms with Gasteiger partial charge in [0, 0.05) is 11.5 Å². The van der Waals surface area contributed by atoms with E-state index in [0.29, 0.717) is 5.41 Å². The van der Waals surface area contributed by atoms with Crippen LogP contribution in [0.3, 0.4) is 0 Å². The van der Waals surface area contributed by atoms with Crippen LogP contribution in [0.2, 0.25) is 0 Å². The van der Waals surface area contributed by atoms with E-state index in [-0.39, 0.29) is 4.93 Å². The van der Waals surface area contributed by atoms with Crippen LogP contribution in [-0.2, 0) is 5.41 Å². The van der Waals surface area contributed by atoms with Gasteiger partial charge in [0.2, 0.25) is 0 Å². The quantitative estimate of drug-likeness (QED) is 0.733. The molecule has 0 aromatic heterocycles. The maximum Gasteiger partial charge on any atom is 0.159 e. The number of nitrogens with zero attached hydrogens (tertiary/aromatic N) is 1. The van der Waals surface area contributed by atoms with E-state index in [0.717, 1.165) is 12.0 Å². The molecule has 1 unspecified atom stereocenters. The molecule has 5 rings (SSSR count). The van der Waals surface area contributed by atoms with Gasteiger partial charge in [-0.3, -0.25) is 0 Å². The van der Waals surface area contributed by atoms with E-state index in [1.165, 1.54) is 62.1 Å². The normalized spacial score (nSPS) is 42.2. The third kappa shape index (κ3) is 2.05. The standard InChI is InChI=1S/C20H27NOS/c1-14-12-20(13-14)22-16-11-15(6-7-17(16)23-20)19-8-4-3-5-18(19)21(2)10-9-19/h6-7,11,14,18H,3-5,8-10,12-13H2,1-2H3/t14?,18?,19-,20?/m0/s1. The number of hydrogen-bond donors (Lipinski definition) is 0. The number of hydrogen-bond acceptors (Lipinski definition) is 3. The highest BCUT2D eigenvalue weighted by molar-refractivity contribution is 8.01. The lowest BCUT2D eigenvalue weighted by Gasteiger charge is -2.42. The molecule has 23 heavy (non-hydrogen) atoms.